The molecule has 0 radical (unpaired) electrons. The van der Waals surface area contributed by atoms with Gasteiger partial charge in [-0.05, 0) is 19.3 Å². The van der Waals surface area contributed by atoms with Crippen LogP contribution in [0.15, 0.2) is 0 Å². The number of nitrogens with zero attached hydrogens (tertiary/aromatic N) is 3. The Morgan fingerprint density at radius 1 is 1.62 bits per heavy atom. The first-order valence-corrected chi connectivity index (χ1v) is 4.14. The van der Waals surface area contributed by atoms with Gasteiger partial charge in [-0.2, -0.15) is 0 Å². The molecule has 1 saturated carbocycles. The molecule has 0 unspecified atom stereocenters. The lowest BCUT2D eigenvalue weighted by Gasteiger charge is -2.25. The maximum Gasteiger partial charge on any atom is 0.360 e. The highest BCUT2D eigenvalue weighted by Gasteiger charge is 2.25. The second-order valence-corrected chi connectivity index (χ2v) is 3.16. The van der Waals surface area contributed by atoms with Crippen LogP contribution < -0.4 is 5.73 Å². The van der Waals surface area contributed by atoms with Gasteiger partial charge in [0.15, 0.2) is 5.82 Å². The molecule has 0 bridgehead atoms. The zero-order valence-electron chi connectivity index (χ0n) is 6.97. The molecule has 0 saturated heterocycles. The van der Waals surface area contributed by atoms with Gasteiger partial charge in [0, 0.05) is 0 Å². The number of nitrogen functional groups attached to an aromatic ring is 1. The van der Waals surface area contributed by atoms with Crippen molar-refractivity contribution in [3.63, 3.8) is 0 Å². The number of carboxylic acid groups (broad SMARTS) is 1. The van der Waals surface area contributed by atoms with E-state index in [2.05, 4.69) is 10.3 Å². The van der Waals surface area contributed by atoms with E-state index >= 15 is 0 Å². The van der Waals surface area contributed by atoms with E-state index in [0.717, 1.165) is 19.3 Å². The predicted octanol–water partition coefficient (Wildman–Crippen LogP) is 0.283. The van der Waals surface area contributed by atoms with Crippen LogP contribution in [0.4, 0.5) is 5.82 Å². The maximum absolute atomic E-state index is 10.6. The molecular formula is C7H10N4O2. The fourth-order valence-electron chi connectivity index (χ4n) is 1.35. The van der Waals surface area contributed by atoms with E-state index in [1.165, 1.54) is 4.68 Å². The molecule has 6 heteroatoms. The highest BCUT2D eigenvalue weighted by atomic mass is 16.4. The zero-order valence-corrected chi connectivity index (χ0v) is 6.97. The molecule has 1 fully saturated rings. The van der Waals surface area contributed by atoms with Crippen LogP contribution in [-0.2, 0) is 0 Å². The second-order valence-electron chi connectivity index (χ2n) is 3.16. The van der Waals surface area contributed by atoms with Gasteiger partial charge in [0.25, 0.3) is 0 Å². The van der Waals surface area contributed by atoms with E-state index in [-0.39, 0.29) is 17.6 Å². The maximum atomic E-state index is 10.6. The molecule has 1 aliphatic rings. The molecule has 2 rings (SSSR count). The average molecular weight is 182 g/mol. The van der Waals surface area contributed by atoms with Crippen LogP contribution in [-0.4, -0.2) is 26.1 Å². The minimum absolute atomic E-state index is 0.146. The molecule has 0 aliphatic heterocycles. The number of hydrogen-bond donors (Lipinski definition) is 2. The van der Waals surface area contributed by atoms with Gasteiger partial charge in [-0.15, -0.1) is 5.10 Å². The number of carboxylic acids is 1. The summed E-state index contributed by atoms with van der Waals surface area (Å²) in [5.74, 6) is -0.958. The fraction of sp³-hybridized carbons (Fsp3) is 0.571. The minimum atomic E-state index is -1.12. The zero-order chi connectivity index (χ0) is 9.42. The molecule has 1 heterocycles. The van der Waals surface area contributed by atoms with Crippen LogP contribution >= 0.6 is 0 Å². The van der Waals surface area contributed by atoms with E-state index < -0.39 is 5.97 Å². The quantitative estimate of drug-likeness (QED) is 0.685. The van der Waals surface area contributed by atoms with Crippen molar-refractivity contribution in [2.24, 2.45) is 0 Å². The van der Waals surface area contributed by atoms with E-state index in [9.17, 15) is 4.79 Å². The summed E-state index contributed by atoms with van der Waals surface area (Å²) in [7, 11) is 0. The van der Waals surface area contributed by atoms with Gasteiger partial charge < -0.3 is 10.8 Å². The van der Waals surface area contributed by atoms with Crippen LogP contribution in [0.2, 0.25) is 0 Å². The molecule has 70 valence electrons. The Morgan fingerprint density at radius 2 is 2.31 bits per heavy atom. The van der Waals surface area contributed by atoms with Crippen molar-refractivity contribution in [1.29, 1.82) is 0 Å². The van der Waals surface area contributed by atoms with Gasteiger partial charge in [0.1, 0.15) is 0 Å². The normalized spacial score (nSPS) is 16.9. The van der Waals surface area contributed by atoms with Crippen LogP contribution in [0.5, 0.6) is 0 Å². The standard InChI is InChI=1S/C7H10N4O2/c8-6-5(7(12)13)9-10-11(6)4-2-1-3-4/h4H,1-3,8H2,(H,12,13). The smallest absolute Gasteiger partial charge is 0.360 e. The predicted molar refractivity (Wildman–Crippen MR) is 44.3 cm³/mol. The Hall–Kier alpha value is -1.59. The van der Waals surface area contributed by atoms with Crippen LogP contribution in [0.1, 0.15) is 35.8 Å². The number of nitrogens with two attached hydrogens (primary N) is 1. The molecular weight excluding hydrogens is 172 g/mol. The molecule has 1 aromatic heterocycles. The van der Waals surface area contributed by atoms with Crippen LogP contribution in [0.25, 0.3) is 0 Å². The van der Waals surface area contributed by atoms with Crippen LogP contribution in [0.3, 0.4) is 0 Å². The fourth-order valence-corrected chi connectivity index (χ4v) is 1.35. The number of aromatic nitrogens is 3. The van der Waals surface area contributed by atoms with E-state index in [1.807, 2.05) is 0 Å². The first-order valence-electron chi connectivity index (χ1n) is 4.14. The Balaban J connectivity index is 2.32. The van der Waals surface area contributed by atoms with Gasteiger partial charge in [-0.1, -0.05) is 5.21 Å². The lowest BCUT2D eigenvalue weighted by molar-refractivity contribution is 0.0691. The van der Waals surface area contributed by atoms with E-state index in [1.54, 1.807) is 0 Å². The van der Waals surface area contributed by atoms with Gasteiger partial charge in [0.2, 0.25) is 5.69 Å². The lowest BCUT2D eigenvalue weighted by atomic mass is 9.93. The number of hydrogen-bond acceptors (Lipinski definition) is 4. The Morgan fingerprint density at radius 3 is 2.69 bits per heavy atom. The van der Waals surface area contributed by atoms with Crippen molar-refractivity contribution in [2.75, 3.05) is 5.73 Å². The molecule has 0 aromatic carbocycles. The highest BCUT2D eigenvalue weighted by molar-refractivity contribution is 5.90. The Kier molecular flexibility index (Phi) is 1.68. The van der Waals surface area contributed by atoms with Crippen molar-refractivity contribution in [2.45, 2.75) is 25.3 Å². The third-order valence-corrected chi connectivity index (χ3v) is 2.35. The summed E-state index contributed by atoms with van der Waals surface area (Å²) < 4.78 is 1.51. The van der Waals surface area contributed by atoms with E-state index in [4.69, 9.17) is 10.8 Å². The third-order valence-electron chi connectivity index (χ3n) is 2.35. The SMILES string of the molecule is Nc1c(C(=O)O)nnn1C1CCC1. The van der Waals surface area contributed by atoms with Gasteiger partial charge in [-0.25, -0.2) is 9.48 Å². The largest absolute Gasteiger partial charge is 0.476 e. The number of rotatable bonds is 2. The van der Waals surface area contributed by atoms with Crippen molar-refractivity contribution >= 4 is 11.8 Å². The summed E-state index contributed by atoms with van der Waals surface area (Å²) in [5, 5.41) is 15.9. The summed E-state index contributed by atoms with van der Waals surface area (Å²) in [4.78, 5) is 10.6. The summed E-state index contributed by atoms with van der Waals surface area (Å²) in [6, 6.07) is 0.251. The second kappa shape index (κ2) is 2.72. The summed E-state index contributed by atoms with van der Waals surface area (Å²) in [5.41, 5.74) is 5.43. The van der Waals surface area contributed by atoms with E-state index in [0.29, 0.717) is 0 Å². The number of carbonyl (C=O) groups is 1. The molecule has 3 N–H and O–H groups in total. The molecule has 0 amide bonds. The highest BCUT2D eigenvalue weighted by Crippen LogP contribution is 2.32. The molecule has 6 nitrogen and oxygen atoms in total. The van der Waals surface area contributed by atoms with Crippen molar-refractivity contribution in [3.8, 4) is 0 Å². The third kappa shape index (κ3) is 1.14. The molecule has 0 atom stereocenters. The summed E-state index contributed by atoms with van der Waals surface area (Å²) in [6.07, 6.45) is 3.16. The van der Waals surface area contributed by atoms with Crippen LogP contribution in [0, 0.1) is 0 Å². The first-order chi connectivity index (χ1) is 6.20. The lowest BCUT2D eigenvalue weighted by Crippen LogP contribution is -2.20. The van der Waals surface area contributed by atoms with Crippen molar-refractivity contribution in [3.05, 3.63) is 5.69 Å². The minimum Gasteiger partial charge on any atom is -0.476 e. The molecule has 1 aliphatic carbocycles. The molecule has 13 heavy (non-hydrogen) atoms. The summed E-state index contributed by atoms with van der Waals surface area (Å²) >= 11 is 0. The summed E-state index contributed by atoms with van der Waals surface area (Å²) in [6.45, 7) is 0. The van der Waals surface area contributed by atoms with Gasteiger partial charge in [-0.3, -0.25) is 0 Å². The molecule has 0 spiro atoms. The number of anilines is 1. The average Bonchev–Trinajstić information content (AvgIpc) is 2.29. The van der Waals surface area contributed by atoms with Gasteiger partial charge in [0.05, 0.1) is 6.04 Å². The Bertz CT molecular complexity index is 342. The van der Waals surface area contributed by atoms with Crippen molar-refractivity contribution in [1.82, 2.24) is 15.0 Å². The first kappa shape index (κ1) is 8.03. The topological polar surface area (TPSA) is 94.0 Å². The van der Waals surface area contributed by atoms with Crippen molar-refractivity contribution < 1.29 is 9.90 Å². The monoisotopic (exact) mass is 182 g/mol. The number of aromatic carboxylic acids is 1. The van der Waals surface area contributed by atoms with Gasteiger partial charge >= 0.3 is 5.97 Å². The molecule has 1 aromatic rings. The Labute approximate surface area is 74.3 Å².